The van der Waals surface area contributed by atoms with E-state index in [4.69, 9.17) is 5.73 Å². The fourth-order valence-electron chi connectivity index (χ4n) is 2.04. The smallest absolute Gasteiger partial charge is 0.269 e. The molecule has 0 atom stereocenters. The molecule has 0 aliphatic rings. The number of rotatable bonds is 2. The molecule has 0 saturated carbocycles. The zero-order valence-electron chi connectivity index (χ0n) is 9.58. The molecule has 0 unspecified atom stereocenters. The SMILES string of the molecule is NC(=O)c1nc2ccccn2c1-c1ccccc1. The van der Waals surface area contributed by atoms with Gasteiger partial charge in [-0.1, -0.05) is 36.4 Å². The van der Waals surface area contributed by atoms with Crippen molar-refractivity contribution in [2.45, 2.75) is 0 Å². The third kappa shape index (κ3) is 1.55. The molecule has 0 fully saturated rings. The molecule has 1 aromatic carbocycles. The summed E-state index contributed by atoms with van der Waals surface area (Å²) in [6.07, 6.45) is 1.87. The van der Waals surface area contributed by atoms with Gasteiger partial charge in [0.05, 0.1) is 5.69 Å². The summed E-state index contributed by atoms with van der Waals surface area (Å²) in [7, 11) is 0. The lowest BCUT2D eigenvalue weighted by Crippen LogP contribution is -2.12. The molecule has 0 saturated heterocycles. The van der Waals surface area contributed by atoms with E-state index in [1.165, 1.54) is 0 Å². The molecule has 3 aromatic rings. The van der Waals surface area contributed by atoms with E-state index in [1.807, 2.05) is 59.1 Å². The molecular formula is C14H11N3O. The van der Waals surface area contributed by atoms with Gasteiger partial charge in [-0.15, -0.1) is 0 Å². The van der Waals surface area contributed by atoms with E-state index in [0.29, 0.717) is 11.3 Å². The summed E-state index contributed by atoms with van der Waals surface area (Å²) in [5, 5.41) is 0. The van der Waals surface area contributed by atoms with E-state index in [1.54, 1.807) is 0 Å². The molecule has 2 N–H and O–H groups in total. The summed E-state index contributed by atoms with van der Waals surface area (Å²) in [5.41, 5.74) is 8.07. The summed E-state index contributed by atoms with van der Waals surface area (Å²) in [6.45, 7) is 0. The van der Waals surface area contributed by atoms with Crippen molar-refractivity contribution >= 4 is 11.6 Å². The van der Waals surface area contributed by atoms with Crippen LogP contribution in [0.1, 0.15) is 10.5 Å². The Bertz CT molecular complexity index is 716. The minimum atomic E-state index is -0.516. The van der Waals surface area contributed by atoms with Gasteiger partial charge in [-0.3, -0.25) is 9.20 Å². The maximum Gasteiger partial charge on any atom is 0.269 e. The van der Waals surface area contributed by atoms with Crippen LogP contribution in [0.15, 0.2) is 54.7 Å². The van der Waals surface area contributed by atoms with E-state index in [0.717, 1.165) is 11.3 Å². The Morgan fingerprint density at radius 2 is 1.78 bits per heavy atom. The highest BCUT2D eigenvalue weighted by Gasteiger charge is 2.17. The number of nitrogens with two attached hydrogens (primary N) is 1. The minimum Gasteiger partial charge on any atom is -0.364 e. The molecule has 0 aliphatic heterocycles. The Hall–Kier alpha value is -2.62. The predicted octanol–water partition coefficient (Wildman–Crippen LogP) is 2.10. The van der Waals surface area contributed by atoms with Crippen molar-refractivity contribution in [3.8, 4) is 11.3 Å². The Morgan fingerprint density at radius 1 is 1.06 bits per heavy atom. The molecule has 2 heterocycles. The van der Waals surface area contributed by atoms with Crippen LogP contribution >= 0.6 is 0 Å². The molecule has 0 aliphatic carbocycles. The molecule has 2 aromatic heterocycles. The largest absolute Gasteiger partial charge is 0.364 e. The topological polar surface area (TPSA) is 60.4 Å². The van der Waals surface area contributed by atoms with Crippen molar-refractivity contribution in [1.82, 2.24) is 9.38 Å². The van der Waals surface area contributed by atoms with Crippen molar-refractivity contribution in [1.29, 1.82) is 0 Å². The van der Waals surface area contributed by atoms with Gasteiger partial charge in [0, 0.05) is 11.8 Å². The summed E-state index contributed by atoms with van der Waals surface area (Å²) in [5.74, 6) is -0.516. The molecule has 18 heavy (non-hydrogen) atoms. The first-order valence-corrected chi connectivity index (χ1v) is 5.59. The molecule has 3 rings (SSSR count). The molecule has 4 heteroatoms. The van der Waals surface area contributed by atoms with Gasteiger partial charge < -0.3 is 5.73 Å². The Morgan fingerprint density at radius 3 is 2.50 bits per heavy atom. The summed E-state index contributed by atoms with van der Waals surface area (Å²) in [6, 6.07) is 15.2. The number of nitrogens with zero attached hydrogens (tertiary/aromatic N) is 2. The second-order valence-corrected chi connectivity index (χ2v) is 3.97. The number of amides is 1. The monoisotopic (exact) mass is 237 g/mol. The Balaban J connectivity index is 2.38. The van der Waals surface area contributed by atoms with Crippen LogP contribution in [0, 0.1) is 0 Å². The van der Waals surface area contributed by atoms with Crippen LogP contribution < -0.4 is 5.73 Å². The van der Waals surface area contributed by atoms with E-state index >= 15 is 0 Å². The summed E-state index contributed by atoms with van der Waals surface area (Å²) < 4.78 is 1.87. The highest BCUT2D eigenvalue weighted by Crippen LogP contribution is 2.24. The number of aromatic nitrogens is 2. The fraction of sp³-hybridized carbons (Fsp3) is 0. The standard InChI is InChI=1S/C14H11N3O/c15-14(18)12-13(10-6-2-1-3-7-10)17-9-5-4-8-11(17)16-12/h1-9H,(H2,15,18). The lowest BCUT2D eigenvalue weighted by atomic mass is 10.1. The van der Waals surface area contributed by atoms with E-state index in [9.17, 15) is 4.79 Å². The Labute approximate surface area is 104 Å². The molecule has 0 bridgehead atoms. The molecule has 0 spiro atoms. The van der Waals surface area contributed by atoms with Gasteiger partial charge in [-0.2, -0.15) is 0 Å². The second-order valence-electron chi connectivity index (χ2n) is 3.97. The normalized spacial score (nSPS) is 10.7. The van der Waals surface area contributed by atoms with Crippen LogP contribution in [-0.4, -0.2) is 15.3 Å². The average molecular weight is 237 g/mol. The van der Waals surface area contributed by atoms with E-state index in [-0.39, 0.29) is 0 Å². The average Bonchev–Trinajstić information content (AvgIpc) is 2.79. The van der Waals surface area contributed by atoms with Crippen LogP contribution in [0.3, 0.4) is 0 Å². The number of hydrogen-bond donors (Lipinski definition) is 1. The predicted molar refractivity (Wildman–Crippen MR) is 69.1 cm³/mol. The number of benzene rings is 1. The zero-order chi connectivity index (χ0) is 12.5. The van der Waals surface area contributed by atoms with Gasteiger partial charge in [0.25, 0.3) is 5.91 Å². The quantitative estimate of drug-likeness (QED) is 0.742. The molecule has 0 radical (unpaired) electrons. The van der Waals surface area contributed by atoms with Gasteiger partial charge in [-0.05, 0) is 12.1 Å². The highest BCUT2D eigenvalue weighted by atomic mass is 16.1. The lowest BCUT2D eigenvalue weighted by molar-refractivity contribution is 0.0997. The van der Waals surface area contributed by atoms with E-state index < -0.39 is 5.91 Å². The minimum absolute atomic E-state index is 0.299. The van der Waals surface area contributed by atoms with Gasteiger partial charge in [0.2, 0.25) is 0 Å². The van der Waals surface area contributed by atoms with Crippen molar-refractivity contribution < 1.29 is 4.79 Å². The second kappa shape index (κ2) is 4.00. The van der Waals surface area contributed by atoms with Crippen molar-refractivity contribution in [3.05, 3.63) is 60.4 Å². The first-order chi connectivity index (χ1) is 8.77. The summed E-state index contributed by atoms with van der Waals surface area (Å²) >= 11 is 0. The number of imidazole rings is 1. The van der Waals surface area contributed by atoms with Crippen molar-refractivity contribution in [2.75, 3.05) is 0 Å². The molecule has 1 amide bonds. The number of fused-ring (bicyclic) bond motifs is 1. The number of hydrogen-bond acceptors (Lipinski definition) is 2. The maximum atomic E-state index is 11.5. The van der Waals surface area contributed by atoms with Crippen LogP contribution in [0.25, 0.3) is 16.9 Å². The van der Waals surface area contributed by atoms with Crippen molar-refractivity contribution in [3.63, 3.8) is 0 Å². The van der Waals surface area contributed by atoms with Crippen LogP contribution in [-0.2, 0) is 0 Å². The van der Waals surface area contributed by atoms with Crippen LogP contribution in [0.5, 0.6) is 0 Å². The van der Waals surface area contributed by atoms with Gasteiger partial charge in [-0.25, -0.2) is 4.98 Å². The number of primary amides is 1. The number of carbonyl (C=O) groups is 1. The first-order valence-electron chi connectivity index (χ1n) is 5.59. The third-order valence-electron chi connectivity index (χ3n) is 2.81. The Kier molecular flexibility index (Phi) is 2.34. The van der Waals surface area contributed by atoms with Gasteiger partial charge in [0.1, 0.15) is 5.65 Å². The third-order valence-corrected chi connectivity index (χ3v) is 2.81. The number of pyridine rings is 1. The highest BCUT2D eigenvalue weighted by molar-refractivity contribution is 5.98. The zero-order valence-corrected chi connectivity index (χ0v) is 9.58. The molecule has 4 nitrogen and oxygen atoms in total. The summed E-state index contributed by atoms with van der Waals surface area (Å²) in [4.78, 5) is 15.8. The van der Waals surface area contributed by atoms with Gasteiger partial charge in [0.15, 0.2) is 5.69 Å². The maximum absolute atomic E-state index is 11.5. The van der Waals surface area contributed by atoms with Gasteiger partial charge >= 0.3 is 0 Å². The molecule has 88 valence electrons. The van der Waals surface area contributed by atoms with Crippen LogP contribution in [0.4, 0.5) is 0 Å². The first kappa shape index (κ1) is 10.5. The van der Waals surface area contributed by atoms with Crippen LogP contribution in [0.2, 0.25) is 0 Å². The fourth-order valence-corrected chi connectivity index (χ4v) is 2.04. The molecular weight excluding hydrogens is 226 g/mol. The van der Waals surface area contributed by atoms with Crippen molar-refractivity contribution in [2.24, 2.45) is 5.73 Å². The lowest BCUT2D eigenvalue weighted by Gasteiger charge is -2.02. The number of carbonyl (C=O) groups excluding carboxylic acids is 1. The van der Waals surface area contributed by atoms with E-state index in [2.05, 4.69) is 4.98 Å².